The number of halogens is 11. The summed E-state index contributed by atoms with van der Waals surface area (Å²) in [6.07, 6.45) is -16.4. The summed E-state index contributed by atoms with van der Waals surface area (Å²) < 4.78 is 122. The normalized spacial score (nSPS) is 18.5. The lowest BCUT2D eigenvalue weighted by molar-refractivity contribution is -0.276. The molecular weight excluding hydrogens is 558 g/mol. The minimum atomic E-state index is -5.39. The van der Waals surface area contributed by atoms with E-state index in [-0.39, 0.29) is 15.6 Å². The first-order chi connectivity index (χ1) is 16.4. The molecule has 1 aliphatic rings. The molecule has 16 heteroatoms. The summed E-state index contributed by atoms with van der Waals surface area (Å²) in [5, 5.41) is 4.43. The predicted octanol–water partition coefficient (Wildman–Crippen LogP) is 6.77. The molecule has 36 heavy (non-hydrogen) atoms. The maximum Gasteiger partial charge on any atom is 0.573 e. The van der Waals surface area contributed by atoms with Crippen molar-refractivity contribution in [2.24, 2.45) is 5.16 Å². The predicted molar refractivity (Wildman–Crippen MR) is 108 cm³/mol. The maximum atomic E-state index is 14.1. The molecule has 0 saturated heterocycles. The van der Waals surface area contributed by atoms with Gasteiger partial charge >= 0.3 is 18.7 Å². The molecule has 0 fully saturated rings. The molecule has 1 atom stereocenters. The standard InChI is InChI=1S/C20H11Cl2F9N2O3/c21-11-4-10(5-12(22)6-11)17(19(26,27)28)7-14(33-36-17)9-1-2-13(15(3-9)35-20(29,30)31)16(34)32-8-18(23,24)25/h1-6H,7-8H2,(H,32,34). The lowest BCUT2D eigenvalue weighted by atomic mass is 9.86. The number of alkyl halides is 9. The van der Waals surface area contributed by atoms with Gasteiger partial charge in [0.25, 0.3) is 11.5 Å². The van der Waals surface area contributed by atoms with Gasteiger partial charge in [0.15, 0.2) is 0 Å². The van der Waals surface area contributed by atoms with Gasteiger partial charge in [0.2, 0.25) is 0 Å². The molecule has 0 saturated carbocycles. The number of nitrogens with one attached hydrogen (secondary N) is 1. The summed E-state index contributed by atoms with van der Waals surface area (Å²) in [7, 11) is 0. The van der Waals surface area contributed by atoms with Crippen LogP contribution in [0.2, 0.25) is 10.0 Å². The van der Waals surface area contributed by atoms with Gasteiger partial charge in [-0.3, -0.25) is 4.79 Å². The molecule has 2 aromatic carbocycles. The van der Waals surface area contributed by atoms with E-state index in [1.165, 1.54) is 5.32 Å². The molecule has 1 unspecified atom stereocenters. The maximum absolute atomic E-state index is 14.1. The minimum Gasteiger partial charge on any atom is -0.405 e. The van der Waals surface area contributed by atoms with Crippen LogP contribution in [-0.4, -0.2) is 36.9 Å². The largest absolute Gasteiger partial charge is 0.573 e. The van der Waals surface area contributed by atoms with Crippen LogP contribution in [0.5, 0.6) is 5.75 Å². The zero-order valence-electron chi connectivity index (χ0n) is 17.2. The molecular formula is C20H11Cl2F9N2O3. The summed E-state index contributed by atoms with van der Waals surface area (Å²) >= 11 is 11.6. The third-order valence-corrected chi connectivity index (χ3v) is 5.19. The minimum absolute atomic E-state index is 0.159. The number of oxime groups is 1. The van der Waals surface area contributed by atoms with E-state index in [9.17, 15) is 44.3 Å². The number of hydrogen-bond donors (Lipinski definition) is 1. The Balaban J connectivity index is 1.99. The van der Waals surface area contributed by atoms with Gasteiger partial charge in [-0.05, 0) is 30.3 Å². The Bertz CT molecular complexity index is 1180. The first-order valence-electron chi connectivity index (χ1n) is 9.44. The van der Waals surface area contributed by atoms with Crippen LogP contribution in [0.4, 0.5) is 39.5 Å². The van der Waals surface area contributed by atoms with Crippen LogP contribution < -0.4 is 10.1 Å². The average Bonchev–Trinajstić information content (AvgIpc) is 3.16. The number of nitrogens with zero attached hydrogens (tertiary/aromatic N) is 1. The van der Waals surface area contributed by atoms with Gasteiger partial charge in [-0.15, -0.1) is 13.2 Å². The molecule has 0 bridgehead atoms. The van der Waals surface area contributed by atoms with E-state index in [4.69, 9.17) is 28.0 Å². The van der Waals surface area contributed by atoms with Crippen molar-refractivity contribution in [2.45, 2.75) is 30.7 Å². The number of carbonyl (C=O) groups excluding carboxylic acids is 1. The van der Waals surface area contributed by atoms with E-state index < -0.39 is 65.8 Å². The molecule has 0 aromatic heterocycles. The Kier molecular flexibility index (Phi) is 7.34. The number of ether oxygens (including phenoxy) is 1. The number of rotatable bonds is 5. The smallest absolute Gasteiger partial charge is 0.405 e. The second kappa shape index (κ2) is 9.54. The van der Waals surface area contributed by atoms with E-state index in [1.54, 1.807) is 0 Å². The Hall–Kier alpha value is -2.87. The Morgan fingerprint density at radius 3 is 2.14 bits per heavy atom. The number of carbonyl (C=O) groups is 1. The van der Waals surface area contributed by atoms with Gasteiger partial charge in [0.05, 0.1) is 11.3 Å². The Morgan fingerprint density at radius 1 is 1.00 bits per heavy atom. The molecule has 196 valence electrons. The van der Waals surface area contributed by atoms with Crippen LogP contribution in [0.25, 0.3) is 0 Å². The molecule has 2 aromatic rings. The van der Waals surface area contributed by atoms with Crippen LogP contribution in [0.1, 0.15) is 27.9 Å². The van der Waals surface area contributed by atoms with Crippen molar-refractivity contribution < 1.29 is 53.9 Å². The van der Waals surface area contributed by atoms with Gasteiger partial charge < -0.3 is 14.9 Å². The van der Waals surface area contributed by atoms with Crippen LogP contribution >= 0.6 is 23.2 Å². The van der Waals surface area contributed by atoms with Crippen molar-refractivity contribution in [1.82, 2.24) is 5.32 Å². The average molecular weight is 569 g/mol. The molecule has 1 heterocycles. The number of hydrogen-bond acceptors (Lipinski definition) is 4. The van der Waals surface area contributed by atoms with Crippen LogP contribution in [0.3, 0.4) is 0 Å². The van der Waals surface area contributed by atoms with Gasteiger partial charge in [-0.1, -0.05) is 34.4 Å². The first-order valence-corrected chi connectivity index (χ1v) is 10.2. The molecule has 0 spiro atoms. The van der Waals surface area contributed by atoms with E-state index in [1.807, 2.05) is 0 Å². The number of amides is 1. The fourth-order valence-electron chi connectivity index (χ4n) is 3.22. The molecule has 0 aliphatic carbocycles. The summed E-state index contributed by atoms with van der Waals surface area (Å²) in [5.41, 5.74) is -5.49. The van der Waals surface area contributed by atoms with Gasteiger partial charge in [-0.2, -0.15) is 26.3 Å². The highest BCUT2D eigenvalue weighted by atomic mass is 35.5. The topological polar surface area (TPSA) is 59.9 Å². The Morgan fingerprint density at radius 2 is 1.61 bits per heavy atom. The Labute approximate surface area is 205 Å². The van der Waals surface area contributed by atoms with Crippen LogP contribution in [0.15, 0.2) is 41.6 Å². The fourth-order valence-corrected chi connectivity index (χ4v) is 3.75. The molecule has 1 N–H and O–H groups in total. The van der Waals surface area contributed by atoms with E-state index in [0.29, 0.717) is 12.1 Å². The highest BCUT2D eigenvalue weighted by Crippen LogP contribution is 2.50. The van der Waals surface area contributed by atoms with Crippen molar-refractivity contribution >= 4 is 34.8 Å². The third-order valence-electron chi connectivity index (χ3n) is 4.75. The summed E-state index contributed by atoms with van der Waals surface area (Å²) in [5.74, 6) is -2.83. The van der Waals surface area contributed by atoms with E-state index in [2.05, 4.69) is 9.89 Å². The van der Waals surface area contributed by atoms with Crippen molar-refractivity contribution in [2.75, 3.05) is 6.54 Å². The van der Waals surface area contributed by atoms with Gasteiger partial charge in [0.1, 0.15) is 12.3 Å². The third kappa shape index (κ3) is 6.27. The lowest BCUT2D eigenvalue weighted by Gasteiger charge is -2.29. The van der Waals surface area contributed by atoms with Gasteiger partial charge in [-0.25, -0.2) is 0 Å². The zero-order chi connectivity index (χ0) is 27.1. The van der Waals surface area contributed by atoms with Crippen LogP contribution in [-0.2, 0) is 10.4 Å². The van der Waals surface area contributed by atoms with Gasteiger partial charge in [0, 0.05) is 27.6 Å². The molecule has 5 nitrogen and oxygen atoms in total. The molecule has 3 rings (SSSR count). The van der Waals surface area contributed by atoms with Crippen molar-refractivity contribution in [1.29, 1.82) is 0 Å². The second-order valence-corrected chi connectivity index (χ2v) is 8.22. The zero-order valence-corrected chi connectivity index (χ0v) is 18.7. The summed E-state index contributed by atoms with van der Waals surface area (Å²) in [4.78, 5) is 16.8. The van der Waals surface area contributed by atoms with Crippen molar-refractivity contribution in [3.8, 4) is 5.75 Å². The summed E-state index contributed by atoms with van der Waals surface area (Å²) in [6.45, 7) is -1.85. The molecule has 1 aliphatic heterocycles. The highest BCUT2D eigenvalue weighted by Gasteiger charge is 2.62. The van der Waals surface area contributed by atoms with Crippen LogP contribution in [0, 0.1) is 0 Å². The summed E-state index contributed by atoms with van der Waals surface area (Å²) in [6, 6.07) is 5.05. The number of benzene rings is 2. The molecule has 1 amide bonds. The second-order valence-electron chi connectivity index (χ2n) is 7.35. The quantitative estimate of drug-likeness (QED) is 0.405. The highest BCUT2D eigenvalue weighted by molar-refractivity contribution is 6.34. The SMILES string of the molecule is O=C(NCC(F)(F)F)c1ccc(C2=NOC(c3cc(Cl)cc(Cl)c3)(C(F)(F)F)C2)cc1OC(F)(F)F. The van der Waals surface area contributed by atoms with Crippen molar-refractivity contribution in [3.05, 3.63) is 63.1 Å². The van der Waals surface area contributed by atoms with Crippen molar-refractivity contribution in [3.63, 3.8) is 0 Å². The monoisotopic (exact) mass is 568 g/mol. The van der Waals surface area contributed by atoms with E-state index >= 15 is 0 Å². The molecule has 0 radical (unpaired) electrons. The first kappa shape index (κ1) is 27.7. The lowest BCUT2D eigenvalue weighted by Crippen LogP contribution is -2.42. The fraction of sp³-hybridized carbons (Fsp3) is 0.300. The van der Waals surface area contributed by atoms with E-state index in [0.717, 1.165) is 24.3 Å².